The number of rotatable bonds is 5. The average molecular weight is 429 g/mol. The number of nitrogens with zero attached hydrogens (tertiary/aromatic N) is 3. The molecule has 1 amide bonds. The minimum absolute atomic E-state index is 0.0887. The highest BCUT2D eigenvalue weighted by Gasteiger charge is 2.27. The van der Waals surface area contributed by atoms with Crippen LogP contribution in [-0.2, 0) is 10.0 Å². The zero-order valence-electron chi connectivity index (χ0n) is 16.7. The van der Waals surface area contributed by atoms with Crippen LogP contribution in [0.2, 0.25) is 0 Å². The monoisotopic (exact) mass is 428 g/mol. The molecule has 158 valence electrons. The third kappa shape index (κ3) is 3.90. The third-order valence-corrected chi connectivity index (χ3v) is 7.19. The predicted molar refractivity (Wildman–Crippen MR) is 114 cm³/mol. The average Bonchev–Trinajstić information content (AvgIpc) is 2.97. The van der Waals surface area contributed by atoms with Gasteiger partial charge in [0.1, 0.15) is 12.1 Å². The number of amides is 1. The number of fused-ring (bicyclic) bond motifs is 1. The number of nitrogens with one attached hydrogen (secondary N) is 1. The largest absolute Gasteiger partial charge is 0.496 e. The molecule has 2 aromatic carbocycles. The normalized spacial score (nSPS) is 15.6. The Kier molecular flexibility index (Phi) is 5.74. The van der Waals surface area contributed by atoms with Crippen molar-refractivity contribution in [2.45, 2.75) is 30.6 Å². The van der Waals surface area contributed by atoms with E-state index in [9.17, 15) is 13.2 Å². The highest BCUT2D eigenvalue weighted by atomic mass is 32.2. The molecule has 0 aliphatic carbocycles. The maximum atomic E-state index is 13.1. The van der Waals surface area contributed by atoms with Gasteiger partial charge in [0, 0.05) is 13.1 Å². The van der Waals surface area contributed by atoms with Gasteiger partial charge in [-0.3, -0.25) is 10.2 Å². The second kappa shape index (κ2) is 8.45. The number of hydrogen-bond donors (Lipinski definition) is 1. The van der Waals surface area contributed by atoms with E-state index in [2.05, 4.69) is 10.4 Å². The molecule has 4 rings (SSSR count). The van der Waals surface area contributed by atoms with Gasteiger partial charge in [-0.2, -0.15) is 4.31 Å². The van der Waals surface area contributed by atoms with Crippen molar-refractivity contribution >= 4 is 27.0 Å². The van der Waals surface area contributed by atoms with Crippen LogP contribution in [-0.4, -0.2) is 48.5 Å². The van der Waals surface area contributed by atoms with Crippen molar-refractivity contribution in [3.63, 3.8) is 0 Å². The molecule has 2 heterocycles. The van der Waals surface area contributed by atoms with Crippen molar-refractivity contribution in [1.29, 1.82) is 0 Å². The fraction of sp³-hybridized carbons (Fsp3) is 0.333. The molecule has 0 radical (unpaired) electrons. The fourth-order valence-corrected chi connectivity index (χ4v) is 5.22. The quantitative estimate of drug-likeness (QED) is 0.674. The number of hydrogen-bond acceptors (Lipinski definition) is 5. The topological polar surface area (TPSA) is 93.5 Å². The SMILES string of the molecule is COc1ccc(S(=O)(=O)N2CCCCCC2)cc1C(=O)Nn1cnc2ccccc21. The van der Waals surface area contributed by atoms with Crippen LogP contribution in [0.25, 0.3) is 11.0 Å². The Morgan fingerprint density at radius 3 is 2.53 bits per heavy atom. The van der Waals surface area contributed by atoms with Crippen LogP contribution in [0.4, 0.5) is 0 Å². The van der Waals surface area contributed by atoms with E-state index >= 15 is 0 Å². The van der Waals surface area contributed by atoms with Gasteiger partial charge < -0.3 is 4.74 Å². The second-order valence-corrected chi connectivity index (χ2v) is 9.16. The Balaban J connectivity index is 1.66. The lowest BCUT2D eigenvalue weighted by Crippen LogP contribution is -2.32. The lowest BCUT2D eigenvalue weighted by molar-refractivity contribution is 0.100. The number of carbonyl (C=O) groups is 1. The van der Waals surface area contributed by atoms with E-state index in [4.69, 9.17) is 4.74 Å². The highest BCUT2D eigenvalue weighted by Crippen LogP contribution is 2.26. The number of methoxy groups -OCH3 is 1. The first-order chi connectivity index (χ1) is 14.5. The second-order valence-electron chi connectivity index (χ2n) is 7.22. The van der Waals surface area contributed by atoms with E-state index in [1.54, 1.807) is 0 Å². The molecule has 0 bridgehead atoms. The molecular formula is C21H24N4O4S. The molecule has 30 heavy (non-hydrogen) atoms. The first-order valence-electron chi connectivity index (χ1n) is 9.92. The Hall–Kier alpha value is -2.91. The standard InChI is InChI=1S/C21H24N4O4S/c1-29-20-11-10-16(30(27,28)24-12-6-2-3-7-13-24)14-17(20)21(26)23-25-15-22-18-8-4-5-9-19(18)25/h4-5,8-11,14-15H,2-3,6-7,12-13H2,1H3,(H,23,26). The molecule has 1 aliphatic rings. The van der Waals surface area contributed by atoms with Gasteiger partial charge >= 0.3 is 0 Å². The molecule has 1 aromatic heterocycles. The molecule has 1 saturated heterocycles. The van der Waals surface area contributed by atoms with E-state index in [1.165, 1.54) is 40.6 Å². The van der Waals surface area contributed by atoms with Crippen molar-refractivity contribution in [3.05, 3.63) is 54.4 Å². The third-order valence-electron chi connectivity index (χ3n) is 5.29. The van der Waals surface area contributed by atoms with Crippen molar-refractivity contribution in [3.8, 4) is 5.75 Å². The maximum absolute atomic E-state index is 13.1. The predicted octanol–water partition coefficient (Wildman–Crippen LogP) is 2.99. The van der Waals surface area contributed by atoms with Gasteiger partial charge in [0.15, 0.2) is 0 Å². The molecule has 1 aliphatic heterocycles. The molecule has 1 fully saturated rings. The molecule has 9 heteroatoms. The Morgan fingerprint density at radius 2 is 1.80 bits per heavy atom. The molecule has 8 nitrogen and oxygen atoms in total. The van der Waals surface area contributed by atoms with Crippen molar-refractivity contribution in [1.82, 2.24) is 14.0 Å². The summed E-state index contributed by atoms with van der Waals surface area (Å²) in [6.45, 7) is 0.994. The minimum atomic E-state index is -3.68. The Labute approximate surface area is 175 Å². The highest BCUT2D eigenvalue weighted by molar-refractivity contribution is 7.89. The lowest BCUT2D eigenvalue weighted by Gasteiger charge is -2.20. The van der Waals surface area contributed by atoms with Crippen LogP contribution in [0.5, 0.6) is 5.75 Å². The molecule has 0 atom stereocenters. The van der Waals surface area contributed by atoms with Crippen LogP contribution < -0.4 is 10.2 Å². The van der Waals surface area contributed by atoms with E-state index < -0.39 is 15.9 Å². The van der Waals surface area contributed by atoms with Crippen molar-refractivity contribution in [2.75, 3.05) is 25.6 Å². The van der Waals surface area contributed by atoms with Crippen molar-refractivity contribution < 1.29 is 17.9 Å². The molecule has 0 unspecified atom stereocenters. The first kappa shape index (κ1) is 20.4. The zero-order chi connectivity index (χ0) is 21.1. The molecule has 0 saturated carbocycles. The zero-order valence-corrected chi connectivity index (χ0v) is 17.6. The van der Waals surface area contributed by atoms with Crippen molar-refractivity contribution in [2.24, 2.45) is 0 Å². The van der Waals surface area contributed by atoms with Crippen LogP contribution in [0.15, 0.2) is 53.7 Å². The van der Waals surface area contributed by atoms with E-state index in [0.717, 1.165) is 36.7 Å². The molecule has 1 N–H and O–H groups in total. The van der Waals surface area contributed by atoms with E-state index in [0.29, 0.717) is 18.8 Å². The summed E-state index contributed by atoms with van der Waals surface area (Å²) in [4.78, 5) is 17.3. The summed E-state index contributed by atoms with van der Waals surface area (Å²) < 4.78 is 34.6. The number of ether oxygens (including phenoxy) is 1. The van der Waals surface area contributed by atoms with E-state index in [-0.39, 0.29) is 10.5 Å². The first-order valence-corrected chi connectivity index (χ1v) is 11.4. The Bertz CT molecular complexity index is 1160. The van der Waals surface area contributed by atoms with E-state index in [1.807, 2.05) is 24.3 Å². The van der Waals surface area contributed by atoms with Gasteiger partial charge in [0.25, 0.3) is 5.91 Å². The maximum Gasteiger partial charge on any atom is 0.273 e. The smallest absolute Gasteiger partial charge is 0.273 e. The minimum Gasteiger partial charge on any atom is -0.496 e. The summed E-state index contributed by atoms with van der Waals surface area (Å²) in [6.07, 6.45) is 5.25. The van der Waals surface area contributed by atoms with Gasteiger partial charge in [-0.15, -0.1) is 0 Å². The summed E-state index contributed by atoms with van der Waals surface area (Å²) in [5.41, 5.74) is 4.37. The molecular weight excluding hydrogens is 404 g/mol. The van der Waals surface area contributed by atoms with Gasteiger partial charge in [0.2, 0.25) is 10.0 Å². The molecule has 3 aromatic rings. The van der Waals surface area contributed by atoms with Gasteiger partial charge in [-0.25, -0.2) is 18.1 Å². The summed E-state index contributed by atoms with van der Waals surface area (Å²) in [5.74, 6) is -0.186. The van der Waals surface area contributed by atoms with Gasteiger partial charge in [-0.05, 0) is 43.2 Å². The summed E-state index contributed by atoms with van der Waals surface area (Å²) >= 11 is 0. The number of carbonyl (C=O) groups excluding carboxylic acids is 1. The number of para-hydroxylation sites is 2. The summed E-state index contributed by atoms with van der Waals surface area (Å²) in [7, 11) is -2.24. The number of imidazole rings is 1. The van der Waals surface area contributed by atoms with Gasteiger partial charge in [-0.1, -0.05) is 25.0 Å². The molecule has 0 spiro atoms. The Morgan fingerprint density at radius 1 is 1.07 bits per heavy atom. The van der Waals surface area contributed by atoms with Crippen LogP contribution in [0.3, 0.4) is 0 Å². The fourth-order valence-electron chi connectivity index (χ4n) is 3.67. The number of sulfonamides is 1. The van der Waals surface area contributed by atoms with Gasteiger partial charge in [0.05, 0.1) is 28.6 Å². The summed E-state index contributed by atoms with van der Waals surface area (Å²) in [6, 6.07) is 11.8. The van der Waals surface area contributed by atoms with Crippen LogP contribution >= 0.6 is 0 Å². The summed E-state index contributed by atoms with van der Waals surface area (Å²) in [5, 5.41) is 0. The lowest BCUT2D eigenvalue weighted by atomic mass is 10.2. The van der Waals surface area contributed by atoms with Crippen LogP contribution in [0, 0.1) is 0 Å². The number of benzene rings is 2. The number of aromatic nitrogens is 2. The van der Waals surface area contributed by atoms with Crippen LogP contribution in [0.1, 0.15) is 36.0 Å².